The molecule has 0 saturated carbocycles. The lowest BCUT2D eigenvalue weighted by Crippen LogP contribution is -2.38. The van der Waals surface area contributed by atoms with Gasteiger partial charge in [0.15, 0.2) is 0 Å². The SMILES string of the molecule is COc1ccc(NC2CCN(Cc3ccnc(-c4cc(OC)c(C)c(OC)c4)c3)CC2)cc1. The highest BCUT2D eigenvalue weighted by Gasteiger charge is 2.19. The summed E-state index contributed by atoms with van der Waals surface area (Å²) < 4.78 is 16.3. The molecule has 1 saturated heterocycles. The van der Waals surface area contributed by atoms with Crippen LogP contribution in [0.3, 0.4) is 0 Å². The van der Waals surface area contributed by atoms with Crippen LogP contribution < -0.4 is 19.5 Å². The first-order valence-electron chi connectivity index (χ1n) is 11.4. The van der Waals surface area contributed by atoms with Crippen molar-refractivity contribution in [3.63, 3.8) is 0 Å². The predicted molar refractivity (Wildman–Crippen MR) is 132 cm³/mol. The van der Waals surface area contributed by atoms with Crippen LogP contribution >= 0.6 is 0 Å². The van der Waals surface area contributed by atoms with E-state index in [4.69, 9.17) is 14.2 Å². The van der Waals surface area contributed by atoms with Crippen LogP contribution in [-0.2, 0) is 6.54 Å². The lowest BCUT2D eigenvalue weighted by Gasteiger charge is -2.33. The van der Waals surface area contributed by atoms with Gasteiger partial charge in [-0.2, -0.15) is 0 Å². The Kier molecular flexibility index (Phi) is 7.35. The molecule has 0 spiro atoms. The topological polar surface area (TPSA) is 55.9 Å². The van der Waals surface area contributed by atoms with Crippen molar-refractivity contribution in [2.75, 3.05) is 39.7 Å². The highest BCUT2D eigenvalue weighted by atomic mass is 16.5. The first-order valence-corrected chi connectivity index (χ1v) is 11.4. The van der Waals surface area contributed by atoms with E-state index in [1.165, 1.54) is 5.56 Å². The fourth-order valence-corrected chi connectivity index (χ4v) is 4.38. The average Bonchev–Trinajstić information content (AvgIpc) is 2.86. The maximum absolute atomic E-state index is 5.54. The van der Waals surface area contributed by atoms with Crippen molar-refractivity contribution >= 4 is 5.69 Å². The van der Waals surface area contributed by atoms with E-state index in [1.54, 1.807) is 21.3 Å². The third kappa shape index (κ3) is 5.57. The lowest BCUT2D eigenvalue weighted by molar-refractivity contribution is 0.211. The van der Waals surface area contributed by atoms with Gasteiger partial charge in [0.25, 0.3) is 0 Å². The Bertz CT molecular complexity index is 1040. The van der Waals surface area contributed by atoms with Crippen LogP contribution in [0.4, 0.5) is 5.69 Å². The summed E-state index contributed by atoms with van der Waals surface area (Å²) in [6.45, 7) is 5.05. The largest absolute Gasteiger partial charge is 0.497 e. The predicted octanol–water partition coefficient (Wildman–Crippen LogP) is 5.16. The molecule has 2 heterocycles. The fourth-order valence-electron chi connectivity index (χ4n) is 4.38. The third-order valence-electron chi connectivity index (χ3n) is 6.33. The van der Waals surface area contributed by atoms with Gasteiger partial charge >= 0.3 is 0 Å². The number of hydrogen-bond acceptors (Lipinski definition) is 6. The van der Waals surface area contributed by atoms with Gasteiger partial charge in [-0.1, -0.05) is 0 Å². The van der Waals surface area contributed by atoms with E-state index in [2.05, 4.69) is 39.5 Å². The second kappa shape index (κ2) is 10.6. The lowest BCUT2D eigenvalue weighted by atomic mass is 10.0. The molecule has 3 aromatic rings. The third-order valence-corrected chi connectivity index (χ3v) is 6.33. The van der Waals surface area contributed by atoms with Gasteiger partial charge in [-0.05, 0) is 73.9 Å². The molecule has 1 fully saturated rings. The van der Waals surface area contributed by atoms with E-state index in [1.807, 2.05) is 37.4 Å². The summed E-state index contributed by atoms with van der Waals surface area (Å²) in [6, 6.07) is 17.0. The molecule has 0 atom stereocenters. The van der Waals surface area contributed by atoms with Crippen LogP contribution in [0.25, 0.3) is 11.3 Å². The number of benzene rings is 2. The Morgan fingerprint density at radius 3 is 2.18 bits per heavy atom. The zero-order valence-electron chi connectivity index (χ0n) is 19.9. The van der Waals surface area contributed by atoms with Gasteiger partial charge in [0.2, 0.25) is 0 Å². The van der Waals surface area contributed by atoms with Gasteiger partial charge in [0.05, 0.1) is 27.0 Å². The molecule has 2 aromatic carbocycles. The van der Waals surface area contributed by atoms with Crippen molar-refractivity contribution in [3.8, 4) is 28.5 Å². The zero-order chi connectivity index (χ0) is 23.2. The van der Waals surface area contributed by atoms with Crippen molar-refractivity contribution in [2.24, 2.45) is 0 Å². The number of methoxy groups -OCH3 is 3. The smallest absolute Gasteiger partial charge is 0.126 e. The number of pyridine rings is 1. The van der Waals surface area contributed by atoms with Crippen molar-refractivity contribution in [1.82, 2.24) is 9.88 Å². The highest BCUT2D eigenvalue weighted by Crippen LogP contribution is 2.34. The quantitative estimate of drug-likeness (QED) is 0.515. The minimum Gasteiger partial charge on any atom is -0.497 e. The summed E-state index contributed by atoms with van der Waals surface area (Å²) in [4.78, 5) is 7.12. The average molecular weight is 448 g/mol. The molecule has 6 nitrogen and oxygen atoms in total. The number of nitrogens with zero attached hydrogens (tertiary/aromatic N) is 2. The van der Waals surface area contributed by atoms with Gasteiger partial charge in [-0.3, -0.25) is 9.88 Å². The zero-order valence-corrected chi connectivity index (χ0v) is 19.9. The minimum atomic E-state index is 0.495. The maximum Gasteiger partial charge on any atom is 0.126 e. The summed E-state index contributed by atoms with van der Waals surface area (Å²) in [5.41, 5.74) is 5.33. The monoisotopic (exact) mass is 447 g/mol. The van der Waals surface area contributed by atoms with Crippen molar-refractivity contribution < 1.29 is 14.2 Å². The van der Waals surface area contributed by atoms with Crippen LogP contribution in [0.15, 0.2) is 54.7 Å². The van der Waals surface area contributed by atoms with E-state index in [-0.39, 0.29) is 0 Å². The Labute approximate surface area is 196 Å². The van der Waals surface area contributed by atoms with E-state index in [0.29, 0.717) is 6.04 Å². The Morgan fingerprint density at radius 2 is 1.58 bits per heavy atom. The van der Waals surface area contributed by atoms with Gasteiger partial charge < -0.3 is 19.5 Å². The van der Waals surface area contributed by atoms with Crippen molar-refractivity contribution in [3.05, 3.63) is 65.9 Å². The summed E-state index contributed by atoms with van der Waals surface area (Å²) in [5.74, 6) is 2.50. The molecule has 1 aromatic heterocycles. The van der Waals surface area contributed by atoms with E-state index < -0.39 is 0 Å². The normalized spacial score (nSPS) is 14.7. The summed E-state index contributed by atoms with van der Waals surface area (Å²) in [6.07, 6.45) is 4.13. The summed E-state index contributed by atoms with van der Waals surface area (Å²) in [5, 5.41) is 3.66. The van der Waals surface area contributed by atoms with E-state index in [0.717, 1.165) is 72.2 Å². The van der Waals surface area contributed by atoms with Crippen molar-refractivity contribution in [1.29, 1.82) is 0 Å². The molecule has 0 amide bonds. The van der Waals surface area contributed by atoms with E-state index >= 15 is 0 Å². The van der Waals surface area contributed by atoms with Crippen LogP contribution in [0, 0.1) is 6.92 Å². The van der Waals surface area contributed by atoms with Crippen LogP contribution in [0.1, 0.15) is 24.0 Å². The van der Waals surface area contributed by atoms with Crippen LogP contribution in [0.5, 0.6) is 17.2 Å². The Balaban J connectivity index is 1.37. The summed E-state index contributed by atoms with van der Waals surface area (Å²) >= 11 is 0. The van der Waals surface area contributed by atoms with Gasteiger partial charge in [0, 0.05) is 48.7 Å². The molecule has 1 aliphatic heterocycles. The van der Waals surface area contributed by atoms with Gasteiger partial charge in [-0.15, -0.1) is 0 Å². The van der Waals surface area contributed by atoms with Gasteiger partial charge in [0.1, 0.15) is 17.2 Å². The molecule has 6 heteroatoms. The molecule has 0 unspecified atom stereocenters. The first kappa shape index (κ1) is 22.9. The summed E-state index contributed by atoms with van der Waals surface area (Å²) in [7, 11) is 5.06. The molecule has 0 radical (unpaired) electrons. The number of hydrogen-bond donors (Lipinski definition) is 1. The molecule has 4 rings (SSSR count). The molecule has 1 aliphatic rings. The number of anilines is 1. The molecule has 0 bridgehead atoms. The number of piperidine rings is 1. The fraction of sp³-hybridized carbons (Fsp3) is 0.370. The highest BCUT2D eigenvalue weighted by molar-refractivity contribution is 5.66. The number of nitrogens with one attached hydrogen (secondary N) is 1. The molecule has 174 valence electrons. The van der Waals surface area contributed by atoms with E-state index in [9.17, 15) is 0 Å². The van der Waals surface area contributed by atoms with Gasteiger partial charge in [-0.25, -0.2) is 0 Å². The molecular formula is C27H33N3O3. The molecule has 33 heavy (non-hydrogen) atoms. The number of ether oxygens (including phenoxy) is 3. The Morgan fingerprint density at radius 1 is 0.909 bits per heavy atom. The first-order chi connectivity index (χ1) is 16.1. The molecular weight excluding hydrogens is 414 g/mol. The maximum atomic E-state index is 5.54. The molecule has 1 N–H and O–H groups in total. The second-order valence-corrected chi connectivity index (χ2v) is 8.48. The number of likely N-dealkylation sites (tertiary alicyclic amines) is 1. The standard InChI is InChI=1S/C27H33N3O3/c1-19-26(32-3)16-21(17-27(19)33-4)25-15-20(9-12-28-25)18-30-13-10-23(11-14-30)29-22-5-7-24(31-2)8-6-22/h5-9,12,15-17,23,29H,10-11,13-14,18H2,1-4H3. The van der Waals surface area contributed by atoms with Crippen LogP contribution in [-0.4, -0.2) is 50.3 Å². The van der Waals surface area contributed by atoms with Crippen molar-refractivity contribution in [2.45, 2.75) is 32.4 Å². The minimum absolute atomic E-state index is 0.495. The van der Waals surface area contributed by atoms with Crippen LogP contribution in [0.2, 0.25) is 0 Å². The molecule has 0 aliphatic carbocycles. The Hall–Kier alpha value is -3.25. The second-order valence-electron chi connectivity index (χ2n) is 8.48. The number of aromatic nitrogens is 1. The number of rotatable bonds is 8.